The van der Waals surface area contributed by atoms with Crippen LogP contribution in [0.5, 0.6) is 11.5 Å². The van der Waals surface area contributed by atoms with Crippen LogP contribution in [-0.2, 0) is 16.0 Å². The predicted molar refractivity (Wildman–Crippen MR) is 144 cm³/mol. The normalized spacial score (nSPS) is 16.7. The Labute approximate surface area is 221 Å². The van der Waals surface area contributed by atoms with Crippen molar-refractivity contribution in [3.63, 3.8) is 0 Å². The third-order valence-electron chi connectivity index (χ3n) is 6.48. The van der Waals surface area contributed by atoms with Gasteiger partial charge in [-0.15, -0.1) is 0 Å². The van der Waals surface area contributed by atoms with Crippen molar-refractivity contribution in [1.29, 1.82) is 0 Å². The van der Waals surface area contributed by atoms with Crippen molar-refractivity contribution in [2.45, 2.75) is 12.5 Å². The topological polar surface area (TPSA) is 79.3 Å². The highest BCUT2D eigenvalue weighted by Gasteiger charge is 2.46. The second-order valence-corrected chi connectivity index (χ2v) is 9.36. The Morgan fingerprint density at radius 2 is 1.65 bits per heavy atom. The maximum absolute atomic E-state index is 13.4. The van der Waals surface area contributed by atoms with Gasteiger partial charge in [0.2, 0.25) is 0 Å². The summed E-state index contributed by atoms with van der Waals surface area (Å²) in [5.74, 6) is -0.672. The van der Waals surface area contributed by atoms with Crippen LogP contribution in [0.4, 0.5) is 5.69 Å². The van der Waals surface area contributed by atoms with E-state index in [4.69, 9.17) is 21.1 Å². The first-order valence-electron chi connectivity index (χ1n) is 11.8. The van der Waals surface area contributed by atoms with Gasteiger partial charge in [0.1, 0.15) is 17.3 Å². The fraction of sp³-hybridized carbons (Fsp3) is 0.241. The molecule has 1 atom stereocenters. The Morgan fingerprint density at radius 3 is 2.24 bits per heavy atom. The molecule has 1 amide bonds. The SMILES string of the molecule is COc1ccc(CCN2C(=O)C(=O)/C(=C(/O)c3cc(Cl)ccc3OC)C2c2ccc(N(C)C)cc2)cc1. The summed E-state index contributed by atoms with van der Waals surface area (Å²) in [6.45, 7) is 0.278. The zero-order valence-electron chi connectivity index (χ0n) is 21.2. The highest BCUT2D eigenvalue weighted by molar-refractivity contribution is 6.46. The van der Waals surface area contributed by atoms with E-state index < -0.39 is 17.7 Å². The van der Waals surface area contributed by atoms with Crippen LogP contribution < -0.4 is 14.4 Å². The number of carbonyl (C=O) groups excluding carboxylic acids is 2. The van der Waals surface area contributed by atoms with Crippen LogP contribution >= 0.6 is 11.6 Å². The van der Waals surface area contributed by atoms with Gasteiger partial charge >= 0.3 is 0 Å². The first-order chi connectivity index (χ1) is 17.7. The lowest BCUT2D eigenvalue weighted by Gasteiger charge is -2.26. The quantitative estimate of drug-likeness (QED) is 0.253. The number of ether oxygens (including phenoxy) is 2. The summed E-state index contributed by atoms with van der Waals surface area (Å²) in [4.78, 5) is 30.1. The van der Waals surface area contributed by atoms with Gasteiger partial charge in [-0.2, -0.15) is 0 Å². The van der Waals surface area contributed by atoms with Crippen LogP contribution in [0.3, 0.4) is 0 Å². The van der Waals surface area contributed by atoms with E-state index in [1.165, 1.54) is 18.1 Å². The van der Waals surface area contributed by atoms with Crippen LogP contribution in [0.15, 0.2) is 72.3 Å². The molecule has 0 saturated carbocycles. The van der Waals surface area contributed by atoms with E-state index in [2.05, 4.69) is 0 Å². The summed E-state index contributed by atoms with van der Waals surface area (Å²) < 4.78 is 10.6. The third-order valence-corrected chi connectivity index (χ3v) is 6.72. The molecule has 1 heterocycles. The summed E-state index contributed by atoms with van der Waals surface area (Å²) >= 11 is 6.19. The molecule has 1 unspecified atom stereocenters. The number of aliphatic hydroxyl groups is 1. The first kappa shape index (κ1) is 26.1. The van der Waals surface area contributed by atoms with Gasteiger partial charge < -0.3 is 24.4 Å². The van der Waals surface area contributed by atoms with Crippen LogP contribution in [0.2, 0.25) is 5.02 Å². The van der Waals surface area contributed by atoms with Crippen LogP contribution in [-0.4, -0.2) is 56.6 Å². The van der Waals surface area contributed by atoms with E-state index in [0.717, 1.165) is 17.0 Å². The number of carbonyl (C=O) groups is 2. The molecular formula is C29H29ClN2O5. The number of Topliss-reactive ketones (excluding diaryl/α,β-unsaturated/α-hetero) is 1. The molecule has 0 spiro atoms. The number of methoxy groups -OCH3 is 2. The molecule has 3 aromatic carbocycles. The number of anilines is 1. The largest absolute Gasteiger partial charge is 0.507 e. The van der Waals surface area contributed by atoms with Crippen LogP contribution in [0.25, 0.3) is 5.76 Å². The Balaban J connectivity index is 1.80. The number of amides is 1. The molecule has 7 nitrogen and oxygen atoms in total. The van der Waals surface area contributed by atoms with Crippen molar-refractivity contribution < 1.29 is 24.2 Å². The predicted octanol–water partition coefficient (Wildman–Crippen LogP) is 5.09. The zero-order chi connectivity index (χ0) is 26.7. The minimum absolute atomic E-state index is 0.00194. The molecule has 1 aliphatic heterocycles. The molecule has 0 radical (unpaired) electrons. The van der Waals surface area contributed by atoms with Crippen LogP contribution in [0, 0.1) is 0 Å². The second-order valence-electron chi connectivity index (χ2n) is 8.92. The summed E-state index contributed by atoms with van der Waals surface area (Å²) in [6.07, 6.45) is 0.518. The number of likely N-dealkylation sites (tertiary alicyclic amines) is 1. The molecule has 37 heavy (non-hydrogen) atoms. The number of hydrogen-bond donors (Lipinski definition) is 1. The number of aliphatic hydroxyl groups excluding tert-OH is 1. The molecule has 3 aromatic rings. The molecule has 4 rings (SSSR count). The van der Waals surface area contributed by atoms with Crippen molar-refractivity contribution in [1.82, 2.24) is 4.90 Å². The lowest BCUT2D eigenvalue weighted by atomic mass is 9.94. The number of nitrogens with zero attached hydrogens (tertiary/aromatic N) is 2. The minimum atomic E-state index is -0.779. The van der Waals surface area contributed by atoms with E-state index in [-0.39, 0.29) is 23.4 Å². The van der Waals surface area contributed by atoms with E-state index in [9.17, 15) is 14.7 Å². The molecule has 0 aliphatic carbocycles. The van der Waals surface area contributed by atoms with Gasteiger partial charge in [0.05, 0.1) is 31.4 Å². The average Bonchev–Trinajstić information content (AvgIpc) is 3.16. The molecular weight excluding hydrogens is 492 g/mol. The Hall–Kier alpha value is -3.97. The highest BCUT2D eigenvalue weighted by atomic mass is 35.5. The fourth-order valence-electron chi connectivity index (χ4n) is 4.46. The maximum atomic E-state index is 13.4. The summed E-state index contributed by atoms with van der Waals surface area (Å²) in [5.41, 5.74) is 2.91. The highest BCUT2D eigenvalue weighted by Crippen LogP contribution is 2.41. The van der Waals surface area contributed by atoms with Gasteiger partial charge in [-0.1, -0.05) is 35.9 Å². The number of rotatable bonds is 8. The molecule has 8 heteroatoms. The number of halogens is 1. The zero-order valence-corrected chi connectivity index (χ0v) is 22.0. The van der Waals surface area contributed by atoms with Crippen LogP contribution in [0.1, 0.15) is 22.7 Å². The van der Waals surface area contributed by atoms with Gasteiger partial charge in [0.15, 0.2) is 0 Å². The van der Waals surface area contributed by atoms with E-state index in [0.29, 0.717) is 22.8 Å². The number of benzene rings is 3. The van der Waals surface area contributed by atoms with Crippen molar-refractivity contribution in [2.24, 2.45) is 0 Å². The van der Waals surface area contributed by atoms with Crippen molar-refractivity contribution in [3.8, 4) is 11.5 Å². The summed E-state index contributed by atoms with van der Waals surface area (Å²) in [5, 5.41) is 11.8. The van der Waals surface area contributed by atoms with E-state index in [1.807, 2.05) is 67.5 Å². The summed E-state index contributed by atoms with van der Waals surface area (Å²) in [7, 11) is 6.93. The monoisotopic (exact) mass is 520 g/mol. The molecule has 0 aromatic heterocycles. The van der Waals surface area contributed by atoms with Gasteiger partial charge in [-0.25, -0.2) is 0 Å². The smallest absolute Gasteiger partial charge is 0.295 e. The van der Waals surface area contributed by atoms with Crippen molar-refractivity contribution in [2.75, 3.05) is 39.8 Å². The van der Waals surface area contributed by atoms with E-state index >= 15 is 0 Å². The Bertz CT molecular complexity index is 1330. The molecule has 1 aliphatic rings. The Kier molecular flexibility index (Phi) is 7.74. The number of hydrogen-bond acceptors (Lipinski definition) is 6. The standard InChI is InChI=1S/C29H29ClN2O5/c1-31(2)21-10-7-19(8-11-21)26-25(27(33)23-17-20(30)9-14-24(23)37-4)28(34)29(35)32(26)16-15-18-5-12-22(36-3)13-6-18/h5-14,17,26,33H,15-16H2,1-4H3/b27-25+. The Morgan fingerprint density at radius 1 is 0.973 bits per heavy atom. The maximum Gasteiger partial charge on any atom is 0.295 e. The second kappa shape index (κ2) is 11.0. The summed E-state index contributed by atoms with van der Waals surface area (Å²) in [6, 6.07) is 19.1. The van der Waals surface area contributed by atoms with Crippen molar-refractivity contribution in [3.05, 3.63) is 94.0 Å². The molecule has 0 bridgehead atoms. The van der Waals surface area contributed by atoms with Gasteiger partial charge in [-0.05, 0) is 60.0 Å². The van der Waals surface area contributed by atoms with E-state index in [1.54, 1.807) is 19.2 Å². The van der Waals surface area contributed by atoms with Gasteiger partial charge in [0, 0.05) is 31.4 Å². The minimum Gasteiger partial charge on any atom is -0.507 e. The molecule has 192 valence electrons. The van der Waals surface area contributed by atoms with Gasteiger partial charge in [0.25, 0.3) is 11.7 Å². The molecule has 1 N–H and O–H groups in total. The third kappa shape index (κ3) is 5.27. The van der Waals surface area contributed by atoms with Gasteiger partial charge in [-0.3, -0.25) is 9.59 Å². The fourth-order valence-corrected chi connectivity index (χ4v) is 4.64. The molecule has 1 fully saturated rings. The van der Waals surface area contributed by atoms with Crippen molar-refractivity contribution >= 4 is 34.7 Å². The molecule has 1 saturated heterocycles. The first-order valence-corrected chi connectivity index (χ1v) is 12.2. The average molecular weight is 521 g/mol. The number of ketones is 1. The lowest BCUT2D eigenvalue weighted by molar-refractivity contribution is -0.139. The lowest BCUT2D eigenvalue weighted by Crippen LogP contribution is -2.31.